The number of benzene rings is 1. The van der Waals surface area contributed by atoms with E-state index >= 15 is 0 Å². The van der Waals surface area contributed by atoms with Gasteiger partial charge in [0.05, 0.1) is 6.54 Å². The first kappa shape index (κ1) is 17.5. The van der Waals surface area contributed by atoms with Gasteiger partial charge in [0.1, 0.15) is 0 Å². The highest BCUT2D eigenvalue weighted by Gasteiger charge is 2.28. The molecule has 0 radical (unpaired) electrons. The van der Waals surface area contributed by atoms with Gasteiger partial charge in [0.15, 0.2) is 0 Å². The minimum atomic E-state index is -0.248. The third-order valence-corrected chi connectivity index (χ3v) is 4.68. The van der Waals surface area contributed by atoms with Crippen LogP contribution in [0.4, 0.5) is 0 Å². The summed E-state index contributed by atoms with van der Waals surface area (Å²) in [5, 5.41) is 0.666. The summed E-state index contributed by atoms with van der Waals surface area (Å²) in [7, 11) is 1.62. The van der Waals surface area contributed by atoms with E-state index in [0.717, 1.165) is 31.2 Å². The second-order valence-corrected chi connectivity index (χ2v) is 6.36. The second kappa shape index (κ2) is 8.16. The molecule has 124 valence electrons. The zero-order valence-electron chi connectivity index (χ0n) is 13.5. The molecule has 1 aromatic rings. The highest BCUT2D eigenvalue weighted by Crippen LogP contribution is 2.27. The van der Waals surface area contributed by atoms with Crippen LogP contribution in [0.15, 0.2) is 36.9 Å². The van der Waals surface area contributed by atoms with Gasteiger partial charge in [0.2, 0.25) is 11.8 Å². The van der Waals surface area contributed by atoms with Crippen molar-refractivity contribution >= 4 is 23.4 Å². The van der Waals surface area contributed by atoms with Crippen LogP contribution >= 0.6 is 11.6 Å². The van der Waals surface area contributed by atoms with Gasteiger partial charge in [-0.15, -0.1) is 0 Å². The minimum Gasteiger partial charge on any atom is -0.334 e. The van der Waals surface area contributed by atoms with Crippen LogP contribution in [-0.4, -0.2) is 41.2 Å². The Morgan fingerprint density at radius 3 is 2.57 bits per heavy atom. The van der Waals surface area contributed by atoms with E-state index in [-0.39, 0.29) is 24.4 Å². The third kappa shape index (κ3) is 4.58. The molecule has 0 aliphatic heterocycles. The van der Waals surface area contributed by atoms with E-state index < -0.39 is 0 Å². The van der Waals surface area contributed by atoms with Crippen molar-refractivity contribution in [1.82, 2.24) is 9.80 Å². The fraction of sp³-hybridized carbons (Fsp3) is 0.444. The summed E-state index contributed by atoms with van der Waals surface area (Å²) in [6.07, 6.45) is 5.52. The molecule has 1 aliphatic carbocycles. The lowest BCUT2D eigenvalue weighted by Gasteiger charge is -2.31. The molecule has 0 aromatic heterocycles. The van der Waals surface area contributed by atoms with Gasteiger partial charge in [-0.1, -0.05) is 49.2 Å². The molecule has 1 fully saturated rings. The maximum atomic E-state index is 12.7. The summed E-state index contributed by atoms with van der Waals surface area (Å²) in [5.41, 5.74) is 0.937. The average molecular weight is 335 g/mol. The quantitative estimate of drug-likeness (QED) is 0.749. The van der Waals surface area contributed by atoms with Gasteiger partial charge in [-0.3, -0.25) is 9.59 Å². The molecule has 0 heterocycles. The summed E-state index contributed by atoms with van der Waals surface area (Å²) < 4.78 is 0. The van der Waals surface area contributed by atoms with Crippen LogP contribution in [-0.2, 0) is 16.1 Å². The van der Waals surface area contributed by atoms with E-state index in [2.05, 4.69) is 6.58 Å². The molecule has 0 N–H and O–H groups in total. The lowest BCUT2D eigenvalue weighted by Crippen LogP contribution is -2.44. The highest BCUT2D eigenvalue weighted by atomic mass is 35.5. The van der Waals surface area contributed by atoms with E-state index in [0.29, 0.717) is 11.6 Å². The number of hydrogen-bond acceptors (Lipinski definition) is 2. The van der Waals surface area contributed by atoms with Crippen molar-refractivity contribution in [2.45, 2.75) is 38.3 Å². The van der Waals surface area contributed by atoms with E-state index in [1.807, 2.05) is 29.2 Å². The Balaban J connectivity index is 2.13. The van der Waals surface area contributed by atoms with Crippen LogP contribution in [0.3, 0.4) is 0 Å². The monoisotopic (exact) mass is 334 g/mol. The largest absolute Gasteiger partial charge is 0.334 e. The topological polar surface area (TPSA) is 40.6 Å². The first-order valence-corrected chi connectivity index (χ1v) is 8.31. The van der Waals surface area contributed by atoms with Crippen LogP contribution in [0.5, 0.6) is 0 Å². The molecule has 2 rings (SSSR count). The van der Waals surface area contributed by atoms with Crippen molar-refractivity contribution in [2.24, 2.45) is 0 Å². The molecule has 1 saturated carbocycles. The number of hydrogen-bond donors (Lipinski definition) is 0. The normalized spacial score (nSPS) is 14.5. The standard InChI is InChI=1S/C18H23ClN2O2/c1-3-17(22)20(2)13-18(23)21(15-9-5-6-10-15)12-14-8-4-7-11-16(14)19/h3-4,7-8,11,15H,1,5-6,9-10,12-13H2,2H3. The molecule has 4 nitrogen and oxygen atoms in total. The van der Waals surface area contributed by atoms with E-state index in [1.165, 1.54) is 11.0 Å². The molecular weight excluding hydrogens is 312 g/mol. The van der Waals surface area contributed by atoms with Gasteiger partial charge in [-0.25, -0.2) is 0 Å². The van der Waals surface area contributed by atoms with Crippen LogP contribution < -0.4 is 0 Å². The van der Waals surface area contributed by atoms with Crippen LogP contribution in [0.1, 0.15) is 31.2 Å². The Bertz CT molecular complexity index is 582. The van der Waals surface area contributed by atoms with E-state index in [4.69, 9.17) is 11.6 Å². The molecule has 0 saturated heterocycles. The fourth-order valence-electron chi connectivity index (χ4n) is 2.97. The van der Waals surface area contributed by atoms with Crippen molar-refractivity contribution in [2.75, 3.05) is 13.6 Å². The minimum absolute atomic E-state index is 0.0467. The maximum Gasteiger partial charge on any atom is 0.246 e. The Kier molecular flexibility index (Phi) is 6.22. The first-order chi connectivity index (χ1) is 11.0. The zero-order chi connectivity index (χ0) is 16.8. The predicted molar refractivity (Wildman–Crippen MR) is 92.1 cm³/mol. The second-order valence-electron chi connectivity index (χ2n) is 5.95. The lowest BCUT2D eigenvalue weighted by atomic mass is 10.1. The van der Waals surface area contributed by atoms with Crippen molar-refractivity contribution in [3.63, 3.8) is 0 Å². The van der Waals surface area contributed by atoms with Gasteiger partial charge in [-0.2, -0.15) is 0 Å². The molecular formula is C18H23ClN2O2. The molecule has 0 bridgehead atoms. The SMILES string of the molecule is C=CC(=O)N(C)CC(=O)N(Cc1ccccc1Cl)C1CCCC1. The summed E-state index contributed by atoms with van der Waals surface area (Å²) in [4.78, 5) is 27.6. The number of halogens is 1. The van der Waals surface area contributed by atoms with Crippen LogP contribution in [0.2, 0.25) is 5.02 Å². The van der Waals surface area contributed by atoms with Crippen molar-refractivity contribution in [3.8, 4) is 0 Å². The Morgan fingerprint density at radius 1 is 1.30 bits per heavy atom. The Hall–Kier alpha value is -1.81. The van der Waals surface area contributed by atoms with Gasteiger partial charge in [0, 0.05) is 24.7 Å². The van der Waals surface area contributed by atoms with Crippen molar-refractivity contribution in [3.05, 3.63) is 47.5 Å². The Morgan fingerprint density at radius 2 is 1.96 bits per heavy atom. The molecule has 23 heavy (non-hydrogen) atoms. The molecule has 0 unspecified atom stereocenters. The summed E-state index contributed by atoms with van der Waals surface area (Å²) in [6.45, 7) is 4.00. The Labute approximate surface area is 142 Å². The lowest BCUT2D eigenvalue weighted by molar-refractivity contribution is -0.139. The number of rotatable bonds is 6. The van der Waals surface area contributed by atoms with Gasteiger partial charge < -0.3 is 9.80 Å². The molecule has 1 aromatic carbocycles. The van der Waals surface area contributed by atoms with Crippen LogP contribution in [0.25, 0.3) is 0 Å². The third-order valence-electron chi connectivity index (χ3n) is 4.31. The molecule has 1 aliphatic rings. The van der Waals surface area contributed by atoms with Gasteiger partial charge in [0.25, 0.3) is 0 Å². The zero-order valence-corrected chi connectivity index (χ0v) is 14.3. The van der Waals surface area contributed by atoms with E-state index in [1.54, 1.807) is 7.05 Å². The average Bonchev–Trinajstić information content (AvgIpc) is 3.07. The van der Waals surface area contributed by atoms with Crippen molar-refractivity contribution < 1.29 is 9.59 Å². The number of carbonyl (C=O) groups excluding carboxylic acids is 2. The molecule has 0 spiro atoms. The predicted octanol–water partition coefficient (Wildman–Crippen LogP) is 3.26. The molecule has 2 amide bonds. The molecule has 5 heteroatoms. The smallest absolute Gasteiger partial charge is 0.246 e. The summed E-state index contributed by atoms with van der Waals surface area (Å²) in [5.74, 6) is -0.294. The van der Waals surface area contributed by atoms with Crippen LogP contribution in [0, 0.1) is 0 Å². The number of nitrogens with zero attached hydrogens (tertiary/aromatic N) is 2. The summed E-state index contributed by atoms with van der Waals surface area (Å²) >= 11 is 6.24. The molecule has 0 atom stereocenters. The summed E-state index contributed by atoms with van der Waals surface area (Å²) in [6, 6.07) is 7.80. The number of amides is 2. The first-order valence-electron chi connectivity index (χ1n) is 7.93. The highest BCUT2D eigenvalue weighted by molar-refractivity contribution is 6.31. The van der Waals surface area contributed by atoms with Crippen molar-refractivity contribution in [1.29, 1.82) is 0 Å². The maximum absolute atomic E-state index is 12.7. The fourth-order valence-corrected chi connectivity index (χ4v) is 3.17. The van der Waals surface area contributed by atoms with Gasteiger partial charge in [-0.05, 0) is 30.5 Å². The van der Waals surface area contributed by atoms with E-state index in [9.17, 15) is 9.59 Å². The van der Waals surface area contributed by atoms with Gasteiger partial charge >= 0.3 is 0 Å². The number of likely N-dealkylation sites (N-methyl/N-ethyl adjacent to an activating group) is 1. The number of carbonyl (C=O) groups is 2.